The van der Waals surface area contributed by atoms with Crippen molar-refractivity contribution in [3.05, 3.63) is 0 Å². The normalized spacial score (nSPS) is 18.1. The Morgan fingerprint density at radius 3 is 2.31 bits per heavy atom. The van der Waals surface area contributed by atoms with Crippen LogP contribution in [0.25, 0.3) is 0 Å². The van der Waals surface area contributed by atoms with E-state index in [4.69, 9.17) is 11.6 Å². The first kappa shape index (κ1) is 14.3. The standard InChI is InChI=1S/C11H22ClNO2S/c12-9-5-1-2-6-10-13-16(14,15)11-7-3-4-8-11/h11,13H,1-10H2. The highest BCUT2D eigenvalue weighted by Gasteiger charge is 2.27. The predicted octanol–water partition coefficient (Wildman–Crippen LogP) is 2.65. The SMILES string of the molecule is O=S(=O)(NCCCCCCCl)C1CCCC1. The second kappa shape index (κ2) is 7.51. The fourth-order valence-electron chi connectivity index (χ4n) is 2.10. The van der Waals surface area contributed by atoms with Crippen LogP contribution in [0.1, 0.15) is 51.4 Å². The molecule has 1 fully saturated rings. The van der Waals surface area contributed by atoms with Crippen molar-refractivity contribution in [1.29, 1.82) is 0 Å². The van der Waals surface area contributed by atoms with Gasteiger partial charge in [-0.3, -0.25) is 0 Å². The van der Waals surface area contributed by atoms with E-state index < -0.39 is 10.0 Å². The van der Waals surface area contributed by atoms with Gasteiger partial charge in [0.15, 0.2) is 0 Å². The molecule has 0 spiro atoms. The van der Waals surface area contributed by atoms with Crippen molar-refractivity contribution in [1.82, 2.24) is 4.72 Å². The molecule has 0 aliphatic heterocycles. The molecule has 3 nitrogen and oxygen atoms in total. The summed E-state index contributed by atoms with van der Waals surface area (Å²) in [4.78, 5) is 0. The Hall–Kier alpha value is 0.200. The lowest BCUT2D eigenvalue weighted by atomic mass is 10.2. The lowest BCUT2D eigenvalue weighted by Crippen LogP contribution is -2.33. The first-order valence-corrected chi connectivity index (χ1v) is 8.29. The molecule has 96 valence electrons. The maximum atomic E-state index is 11.8. The Labute approximate surface area is 104 Å². The average molecular weight is 268 g/mol. The maximum Gasteiger partial charge on any atom is 0.214 e. The van der Waals surface area contributed by atoms with Crippen LogP contribution in [0.5, 0.6) is 0 Å². The second-order valence-corrected chi connectivity index (χ2v) is 6.87. The molecule has 0 amide bonds. The summed E-state index contributed by atoms with van der Waals surface area (Å²) in [7, 11) is -3.03. The summed E-state index contributed by atoms with van der Waals surface area (Å²) in [5.74, 6) is 0.702. The van der Waals surface area contributed by atoms with Crippen LogP contribution in [0.2, 0.25) is 0 Å². The van der Waals surface area contributed by atoms with E-state index in [0.29, 0.717) is 12.4 Å². The molecule has 0 unspecified atom stereocenters. The van der Waals surface area contributed by atoms with E-state index in [0.717, 1.165) is 51.4 Å². The fourth-order valence-corrected chi connectivity index (χ4v) is 3.91. The van der Waals surface area contributed by atoms with Crippen LogP contribution in [0.15, 0.2) is 0 Å². The molecule has 1 aliphatic carbocycles. The van der Waals surface area contributed by atoms with Crippen molar-refractivity contribution in [2.45, 2.75) is 56.6 Å². The third-order valence-electron chi connectivity index (χ3n) is 3.10. The number of hydrogen-bond acceptors (Lipinski definition) is 2. The number of hydrogen-bond donors (Lipinski definition) is 1. The highest BCUT2D eigenvalue weighted by atomic mass is 35.5. The van der Waals surface area contributed by atoms with Gasteiger partial charge in [-0.1, -0.05) is 25.7 Å². The van der Waals surface area contributed by atoms with Gasteiger partial charge in [-0.05, 0) is 25.7 Å². The van der Waals surface area contributed by atoms with E-state index >= 15 is 0 Å². The van der Waals surface area contributed by atoms with Crippen LogP contribution in [-0.2, 0) is 10.0 Å². The summed E-state index contributed by atoms with van der Waals surface area (Å²) in [6.07, 6.45) is 7.88. The lowest BCUT2D eigenvalue weighted by Gasteiger charge is -2.11. The Bertz CT molecular complexity index is 274. The number of unbranched alkanes of at least 4 members (excludes halogenated alkanes) is 3. The maximum absolute atomic E-state index is 11.8. The fraction of sp³-hybridized carbons (Fsp3) is 1.00. The van der Waals surface area contributed by atoms with Crippen LogP contribution in [0.3, 0.4) is 0 Å². The van der Waals surface area contributed by atoms with Gasteiger partial charge in [0.2, 0.25) is 10.0 Å². The van der Waals surface area contributed by atoms with Crippen molar-refractivity contribution in [2.75, 3.05) is 12.4 Å². The molecular weight excluding hydrogens is 246 g/mol. The predicted molar refractivity (Wildman–Crippen MR) is 68.4 cm³/mol. The van der Waals surface area contributed by atoms with Crippen LogP contribution in [-0.4, -0.2) is 26.1 Å². The highest BCUT2D eigenvalue weighted by molar-refractivity contribution is 7.90. The lowest BCUT2D eigenvalue weighted by molar-refractivity contribution is 0.558. The Morgan fingerprint density at radius 2 is 1.69 bits per heavy atom. The molecule has 1 aliphatic rings. The summed E-state index contributed by atoms with van der Waals surface area (Å²) in [5.41, 5.74) is 0. The first-order valence-electron chi connectivity index (χ1n) is 6.21. The van der Waals surface area contributed by atoms with E-state index in [1.54, 1.807) is 0 Å². The van der Waals surface area contributed by atoms with Crippen molar-refractivity contribution in [3.8, 4) is 0 Å². The number of sulfonamides is 1. The average Bonchev–Trinajstić information content (AvgIpc) is 2.77. The molecule has 0 saturated heterocycles. The molecule has 0 aromatic rings. The highest BCUT2D eigenvalue weighted by Crippen LogP contribution is 2.23. The van der Waals surface area contributed by atoms with Gasteiger partial charge in [-0.2, -0.15) is 0 Å². The number of nitrogens with one attached hydrogen (secondary N) is 1. The second-order valence-electron chi connectivity index (χ2n) is 4.45. The van der Waals surface area contributed by atoms with Crippen molar-refractivity contribution in [2.24, 2.45) is 0 Å². The van der Waals surface area contributed by atoms with Gasteiger partial charge in [-0.15, -0.1) is 11.6 Å². The molecule has 0 aromatic carbocycles. The minimum Gasteiger partial charge on any atom is -0.215 e. The number of halogens is 1. The molecule has 0 radical (unpaired) electrons. The van der Waals surface area contributed by atoms with Gasteiger partial charge in [-0.25, -0.2) is 13.1 Å². The summed E-state index contributed by atoms with van der Waals surface area (Å²) in [5, 5.41) is -0.129. The Balaban J connectivity index is 2.11. The van der Waals surface area contributed by atoms with Gasteiger partial charge in [0, 0.05) is 12.4 Å². The zero-order chi connectivity index (χ0) is 11.9. The largest absolute Gasteiger partial charge is 0.215 e. The van der Waals surface area contributed by atoms with Crippen molar-refractivity contribution >= 4 is 21.6 Å². The first-order chi connectivity index (χ1) is 7.67. The topological polar surface area (TPSA) is 46.2 Å². The van der Waals surface area contributed by atoms with Crippen LogP contribution in [0, 0.1) is 0 Å². The molecule has 1 rings (SSSR count). The van der Waals surface area contributed by atoms with Crippen molar-refractivity contribution < 1.29 is 8.42 Å². The molecule has 1 N–H and O–H groups in total. The summed E-state index contributed by atoms with van der Waals surface area (Å²) < 4.78 is 26.3. The molecule has 5 heteroatoms. The molecule has 0 heterocycles. The molecule has 16 heavy (non-hydrogen) atoms. The van der Waals surface area contributed by atoms with Gasteiger partial charge in [0.25, 0.3) is 0 Å². The Morgan fingerprint density at radius 1 is 1.06 bits per heavy atom. The van der Waals surface area contributed by atoms with Crippen LogP contribution < -0.4 is 4.72 Å². The minimum atomic E-state index is -3.03. The quantitative estimate of drug-likeness (QED) is 0.543. The third-order valence-corrected chi connectivity index (χ3v) is 5.33. The van der Waals surface area contributed by atoms with Gasteiger partial charge in [0.1, 0.15) is 0 Å². The minimum absolute atomic E-state index is 0.129. The van der Waals surface area contributed by atoms with Crippen molar-refractivity contribution in [3.63, 3.8) is 0 Å². The zero-order valence-electron chi connectivity index (χ0n) is 9.75. The van der Waals surface area contributed by atoms with Crippen LogP contribution >= 0.6 is 11.6 Å². The summed E-state index contributed by atoms with van der Waals surface area (Å²) in [6.45, 7) is 0.584. The van der Waals surface area contributed by atoms with E-state index in [-0.39, 0.29) is 5.25 Å². The summed E-state index contributed by atoms with van der Waals surface area (Å²) >= 11 is 5.56. The van der Waals surface area contributed by atoms with E-state index in [1.165, 1.54) is 0 Å². The van der Waals surface area contributed by atoms with E-state index in [2.05, 4.69) is 4.72 Å². The Kier molecular flexibility index (Phi) is 6.70. The van der Waals surface area contributed by atoms with E-state index in [9.17, 15) is 8.42 Å². The number of rotatable bonds is 8. The monoisotopic (exact) mass is 267 g/mol. The molecule has 0 atom stereocenters. The third kappa shape index (κ3) is 5.02. The molecule has 1 saturated carbocycles. The zero-order valence-corrected chi connectivity index (χ0v) is 11.3. The smallest absolute Gasteiger partial charge is 0.214 e. The van der Waals surface area contributed by atoms with Gasteiger partial charge < -0.3 is 0 Å². The van der Waals surface area contributed by atoms with Gasteiger partial charge >= 0.3 is 0 Å². The van der Waals surface area contributed by atoms with Crippen LogP contribution in [0.4, 0.5) is 0 Å². The summed E-state index contributed by atoms with van der Waals surface area (Å²) in [6, 6.07) is 0. The van der Waals surface area contributed by atoms with E-state index in [1.807, 2.05) is 0 Å². The molecule has 0 aromatic heterocycles. The molecule has 0 bridgehead atoms. The molecular formula is C11H22ClNO2S. The number of alkyl halides is 1. The van der Waals surface area contributed by atoms with Gasteiger partial charge in [0.05, 0.1) is 5.25 Å².